The third-order valence-electron chi connectivity index (χ3n) is 1.70. The Morgan fingerprint density at radius 2 is 1.91 bits per heavy atom. The lowest BCUT2D eigenvalue weighted by molar-refractivity contribution is -0.142. The number of hydrogen-bond acceptors (Lipinski definition) is 1. The van der Waals surface area contributed by atoms with E-state index in [1.54, 1.807) is 0 Å². The third-order valence-corrected chi connectivity index (χ3v) is 1.70. The Kier molecular flexibility index (Phi) is 3.56. The van der Waals surface area contributed by atoms with Crippen molar-refractivity contribution in [2.75, 3.05) is 0 Å². The monoisotopic (exact) mass is 158 g/mol. The molecule has 0 aromatic carbocycles. The van der Waals surface area contributed by atoms with Crippen LogP contribution in [-0.2, 0) is 4.79 Å². The van der Waals surface area contributed by atoms with Crippen molar-refractivity contribution in [3.63, 3.8) is 0 Å². The maximum absolute atomic E-state index is 10.6. The van der Waals surface area contributed by atoms with Crippen LogP contribution in [0.1, 0.15) is 40.5 Å². The maximum Gasteiger partial charge on any atom is 0.306 e. The first-order valence-corrected chi connectivity index (χ1v) is 4.09. The molecule has 0 aliphatic carbocycles. The van der Waals surface area contributed by atoms with E-state index in [0.29, 0.717) is 0 Å². The Morgan fingerprint density at radius 1 is 1.45 bits per heavy atom. The zero-order valence-electron chi connectivity index (χ0n) is 7.85. The highest BCUT2D eigenvalue weighted by atomic mass is 16.4. The van der Waals surface area contributed by atoms with E-state index in [9.17, 15) is 4.79 Å². The first-order valence-electron chi connectivity index (χ1n) is 4.09. The molecule has 2 nitrogen and oxygen atoms in total. The van der Waals surface area contributed by atoms with Gasteiger partial charge in [0.1, 0.15) is 0 Å². The average Bonchev–Trinajstić information content (AvgIpc) is 1.80. The zero-order chi connectivity index (χ0) is 9.07. The van der Waals surface area contributed by atoms with Gasteiger partial charge in [0.05, 0.1) is 5.92 Å². The van der Waals surface area contributed by atoms with E-state index >= 15 is 0 Å². The highest BCUT2D eigenvalue weighted by molar-refractivity contribution is 5.69. The molecule has 0 heterocycles. The van der Waals surface area contributed by atoms with E-state index in [1.807, 2.05) is 6.92 Å². The lowest BCUT2D eigenvalue weighted by Gasteiger charge is -2.21. The number of rotatable bonds is 3. The molecule has 1 N–H and O–H groups in total. The average molecular weight is 158 g/mol. The molecule has 66 valence electrons. The molecule has 1 unspecified atom stereocenters. The van der Waals surface area contributed by atoms with Crippen LogP contribution in [0.5, 0.6) is 0 Å². The van der Waals surface area contributed by atoms with Crippen LogP contribution >= 0.6 is 0 Å². The topological polar surface area (TPSA) is 37.3 Å². The fourth-order valence-corrected chi connectivity index (χ4v) is 1.15. The minimum atomic E-state index is -0.664. The number of carboxylic acid groups (broad SMARTS) is 1. The third kappa shape index (κ3) is 4.82. The molecule has 11 heavy (non-hydrogen) atoms. The molecule has 0 aromatic rings. The SMILES string of the molecule is CCC(CC(C)(C)C)C(=O)O. The normalized spacial score (nSPS) is 14.5. The lowest BCUT2D eigenvalue weighted by Crippen LogP contribution is -2.19. The minimum absolute atomic E-state index is 0.124. The van der Waals surface area contributed by atoms with Gasteiger partial charge in [-0.3, -0.25) is 4.79 Å². The van der Waals surface area contributed by atoms with Crippen LogP contribution in [0, 0.1) is 11.3 Å². The van der Waals surface area contributed by atoms with E-state index < -0.39 is 5.97 Å². The van der Waals surface area contributed by atoms with Crippen molar-refractivity contribution in [3.8, 4) is 0 Å². The predicted molar refractivity (Wildman–Crippen MR) is 45.5 cm³/mol. The van der Waals surface area contributed by atoms with Crippen molar-refractivity contribution >= 4 is 5.97 Å². The van der Waals surface area contributed by atoms with Crippen molar-refractivity contribution in [1.82, 2.24) is 0 Å². The summed E-state index contributed by atoms with van der Waals surface area (Å²) >= 11 is 0. The molecular formula is C9H18O2. The Labute approximate surface area is 68.6 Å². The zero-order valence-corrected chi connectivity index (χ0v) is 7.85. The van der Waals surface area contributed by atoms with Crippen molar-refractivity contribution in [2.24, 2.45) is 11.3 Å². The summed E-state index contributed by atoms with van der Waals surface area (Å²) < 4.78 is 0. The van der Waals surface area contributed by atoms with Gasteiger partial charge in [-0.05, 0) is 18.3 Å². The Bertz CT molecular complexity index is 133. The van der Waals surface area contributed by atoms with Crippen molar-refractivity contribution in [1.29, 1.82) is 0 Å². The largest absolute Gasteiger partial charge is 0.481 e. The van der Waals surface area contributed by atoms with Gasteiger partial charge in [0, 0.05) is 0 Å². The summed E-state index contributed by atoms with van der Waals surface area (Å²) in [6.07, 6.45) is 1.49. The van der Waals surface area contributed by atoms with Crippen LogP contribution in [0.3, 0.4) is 0 Å². The van der Waals surface area contributed by atoms with Crippen molar-refractivity contribution in [2.45, 2.75) is 40.5 Å². The van der Waals surface area contributed by atoms with Crippen LogP contribution in [0.25, 0.3) is 0 Å². The predicted octanol–water partition coefficient (Wildman–Crippen LogP) is 2.53. The standard InChI is InChI=1S/C9H18O2/c1-5-7(8(10)11)6-9(2,3)4/h7H,5-6H2,1-4H3,(H,10,11). The highest BCUT2D eigenvalue weighted by Crippen LogP contribution is 2.26. The highest BCUT2D eigenvalue weighted by Gasteiger charge is 2.22. The molecule has 0 aliphatic rings. The van der Waals surface area contributed by atoms with Crippen molar-refractivity contribution < 1.29 is 9.90 Å². The summed E-state index contributed by atoms with van der Waals surface area (Å²) in [5.41, 5.74) is 0.124. The fourth-order valence-electron chi connectivity index (χ4n) is 1.15. The first-order chi connectivity index (χ1) is 4.87. The minimum Gasteiger partial charge on any atom is -0.481 e. The molecule has 0 spiro atoms. The summed E-state index contributed by atoms with van der Waals surface area (Å²) in [6.45, 7) is 8.13. The maximum atomic E-state index is 10.6. The number of aliphatic carboxylic acids is 1. The van der Waals surface area contributed by atoms with Crippen molar-refractivity contribution in [3.05, 3.63) is 0 Å². The molecule has 0 bridgehead atoms. The van der Waals surface area contributed by atoms with Crippen LogP contribution in [0.4, 0.5) is 0 Å². The number of hydrogen-bond donors (Lipinski definition) is 1. The van der Waals surface area contributed by atoms with E-state index in [0.717, 1.165) is 12.8 Å². The lowest BCUT2D eigenvalue weighted by atomic mass is 9.83. The van der Waals surface area contributed by atoms with Crippen LogP contribution in [0.15, 0.2) is 0 Å². The molecule has 2 heteroatoms. The van der Waals surface area contributed by atoms with Gasteiger partial charge in [-0.2, -0.15) is 0 Å². The Morgan fingerprint density at radius 3 is 2.00 bits per heavy atom. The summed E-state index contributed by atoms with van der Waals surface area (Å²) in [6, 6.07) is 0. The van der Waals surface area contributed by atoms with E-state index in [1.165, 1.54) is 0 Å². The van der Waals surface area contributed by atoms with Gasteiger partial charge in [-0.1, -0.05) is 27.7 Å². The molecule has 1 atom stereocenters. The summed E-state index contributed by atoms with van der Waals surface area (Å²) in [5.74, 6) is -0.836. The molecule has 0 aromatic heterocycles. The molecule has 0 saturated carbocycles. The van der Waals surface area contributed by atoms with Crippen LogP contribution < -0.4 is 0 Å². The van der Waals surface area contributed by atoms with Gasteiger partial charge in [-0.25, -0.2) is 0 Å². The molecule has 0 amide bonds. The van der Waals surface area contributed by atoms with Crippen LogP contribution in [0.2, 0.25) is 0 Å². The fraction of sp³-hybridized carbons (Fsp3) is 0.889. The van der Waals surface area contributed by atoms with E-state index in [4.69, 9.17) is 5.11 Å². The molecule has 0 radical (unpaired) electrons. The summed E-state index contributed by atoms with van der Waals surface area (Å²) in [7, 11) is 0. The molecule has 0 saturated heterocycles. The second-order valence-electron chi connectivity index (χ2n) is 4.21. The smallest absolute Gasteiger partial charge is 0.306 e. The molecule has 0 aliphatic heterocycles. The van der Waals surface area contributed by atoms with Gasteiger partial charge in [-0.15, -0.1) is 0 Å². The van der Waals surface area contributed by atoms with Gasteiger partial charge in [0.2, 0.25) is 0 Å². The quantitative estimate of drug-likeness (QED) is 0.685. The molecule has 0 rings (SSSR count). The second kappa shape index (κ2) is 3.74. The Hall–Kier alpha value is -0.530. The molecular weight excluding hydrogens is 140 g/mol. The van der Waals surface area contributed by atoms with Gasteiger partial charge >= 0.3 is 5.97 Å². The van der Waals surface area contributed by atoms with Gasteiger partial charge in [0.15, 0.2) is 0 Å². The van der Waals surface area contributed by atoms with Gasteiger partial charge < -0.3 is 5.11 Å². The van der Waals surface area contributed by atoms with E-state index in [-0.39, 0.29) is 11.3 Å². The Balaban J connectivity index is 3.99. The second-order valence-corrected chi connectivity index (χ2v) is 4.21. The first kappa shape index (κ1) is 10.5. The summed E-state index contributed by atoms with van der Waals surface area (Å²) in [4.78, 5) is 10.6. The number of carboxylic acids is 1. The van der Waals surface area contributed by atoms with Crippen LogP contribution in [-0.4, -0.2) is 11.1 Å². The number of carbonyl (C=O) groups is 1. The van der Waals surface area contributed by atoms with Gasteiger partial charge in [0.25, 0.3) is 0 Å². The molecule has 0 fully saturated rings. The van der Waals surface area contributed by atoms with E-state index in [2.05, 4.69) is 20.8 Å². The summed E-state index contributed by atoms with van der Waals surface area (Å²) in [5, 5.41) is 8.74.